The summed E-state index contributed by atoms with van der Waals surface area (Å²) in [6.07, 6.45) is -0.375. The fraction of sp³-hybridized carbons (Fsp3) is 0.417. The summed E-state index contributed by atoms with van der Waals surface area (Å²) in [4.78, 5) is 10.4. The van der Waals surface area contributed by atoms with Crippen molar-refractivity contribution in [2.24, 2.45) is 0 Å². The van der Waals surface area contributed by atoms with Gasteiger partial charge in [0.25, 0.3) is 0 Å². The number of nitrogens with zero attached hydrogens (tertiary/aromatic N) is 1. The molecule has 0 aliphatic heterocycles. The lowest BCUT2D eigenvalue weighted by Gasteiger charge is -2.16. The fourth-order valence-electron chi connectivity index (χ4n) is 1.54. The van der Waals surface area contributed by atoms with Crippen LogP contribution in [-0.4, -0.2) is 36.6 Å². The summed E-state index contributed by atoms with van der Waals surface area (Å²) in [5, 5.41) is 8.50. The smallest absolute Gasteiger partial charge is 0.304 e. The van der Waals surface area contributed by atoms with Gasteiger partial charge in [0.05, 0.1) is 12.2 Å². The van der Waals surface area contributed by atoms with Crippen molar-refractivity contribution >= 4 is 16.0 Å². The van der Waals surface area contributed by atoms with Gasteiger partial charge in [-0.15, -0.1) is 0 Å². The van der Waals surface area contributed by atoms with Crippen molar-refractivity contribution in [3.63, 3.8) is 0 Å². The molecular formula is C12H17NO4S. The molecule has 18 heavy (non-hydrogen) atoms. The van der Waals surface area contributed by atoms with Crippen LogP contribution in [0.3, 0.4) is 0 Å². The number of hydrogen-bond donors (Lipinski definition) is 1. The van der Waals surface area contributed by atoms with E-state index in [9.17, 15) is 13.2 Å². The largest absolute Gasteiger partial charge is 0.481 e. The third kappa shape index (κ3) is 4.46. The Hall–Kier alpha value is -1.40. The number of carboxylic acid groups (broad SMARTS) is 1. The summed E-state index contributed by atoms with van der Waals surface area (Å²) in [5.41, 5.74) is 1.94. The Bertz CT molecular complexity index is 525. The molecule has 1 N–H and O–H groups in total. The Morgan fingerprint density at radius 1 is 1.39 bits per heavy atom. The standard InChI is InChI=1S/C12H17NO4S/c1-10-4-3-5-11(8-10)9-13(2)18(16,17)7-6-12(14)15/h3-5,8H,6-7,9H2,1-2H3,(H,14,15). The molecule has 1 aromatic carbocycles. The molecule has 0 unspecified atom stereocenters. The van der Waals surface area contributed by atoms with Gasteiger partial charge in [0, 0.05) is 13.6 Å². The first-order valence-corrected chi connectivity index (χ1v) is 7.13. The van der Waals surface area contributed by atoms with Gasteiger partial charge in [-0.3, -0.25) is 4.79 Å². The van der Waals surface area contributed by atoms with Crippen LogP contribution in [0, 0.1) is 6.92 Å². The Morgan fingerprint density at radius 2 is 2.06 bits per heavy atom. The Kier molecular flexibility index (Phi) is 4.86. The molecule has 5 nitrogen and oxygen atoms in total. The molecule has 1 aromatic rings. The zero-order valence-electron chi connectivity index (χ0n) is 10.5. The Balaban J connectivity index is 2.70. The second-order valence-corrected chi connectivity index (χ2v) is 6.40. The van der Waals surface area contributed by atoms with E-state index in [1.165, 1.54) is 11.4 Å². The highest BCUT2D eigenvalue weighted by molar-refractivity contribution is 7.89. The zero-order valence-corrected chi connectivity index (χ0v) is 11.3. The van der Waals surface area contributed by atoms with E-state index >= 15 is 0 Å². The van der Waals surface area contributed by atoms with Crippen LogP contribution in [0.25, 0.3) is 0 Å². The van der Waals surface area contributed by atoms with E-state index in [0.29, 0.717) is 0 Å². The molecule has 1 rings (SSSR count). The average Bonchev–Trinajstić information content (AvgIpc) is 2.26. The van der Waals surface area contributed by atoms with Crippen molar-refractivity contribution in [1.82, 2.24) is 4.31 Å². The van der Waals surface area contributed by atoms with Gasteiger partial charge in [0.1, 0.15) is 0 Å². The van der Waals surface area contributed by atoms with Crippen LogP contribution in [0.1, 0.15) is 17.5 Å². The lowest BCUT2D eigenvalue weighted by molar-refractivity contribution is -0.136. The van der Waals surface area contributed by atoms with E-state index in [4.69, 9.17) is 5.11 Å². The second kappa shape index (κ2) is 5.97. The van der Waals surface area contributed by atoms with Gasteiger partial charge in [0.2, 0.25) is 10.0 Å². The lowest BCUT2D eigenvalue weighted by atomic mass is 10.1. The second-order valence-electron chi connectivity index (χ2n) is 4.20. The van der Waals surface area contributed by atoms with Crippen molar-refractivity contribution in [3.05, 3.63) is 35.4 Å². The minimum Gasteiger partial charge on any atom is -0.481 e. The van der Waals surface area contributed by atoms with Crippen molar-refractivity contribution in [1.29, 1.82) is 0 Å². The van der Waals surface area contributed by atoms with Crippen molar-refractivity contribution in [3.8, 4) is 0 Å². The number of hydrogen-bond acceptors (Lipinski definition) is 3. The fourth-order valence-corrected chi connectivity index (χ4v) is 2.63. The number of benzene rings is 1. The molecule has 0 aliphatic carbocycles. The van der Waals surface area contributed by atoms with E-state index in [0.717, 1.165) is 11.1 Å². The molecule has 0 aromatic heterocycles. The van der Waals surface area contributed by atoms with E-state index < -0.39 is 16.0 Å². The van der Waals surface area contributed by atoms with Crippen molar-refractivity contribution in [2.45, 2.75) is 19.9 Å². The topological polar surface area (TPSA) is 74.7 Å². The molecule has 0 saturated carbocycles. The highest BCUT2D eigenvalue weighted by atomic mass is 32.2. The zero-order chi connectivity index (χ0) is 13.8. The van der Waals surface area contributed by atoms with Crippen LogP contribution in [0.4, 0.5) is 0 Å². The van der Waals surface area contributed by atoms with Crippen LogP contribution in [0.5, 0.6) is 0 Å². The quantitative estimate of drug-likeness (QED) is 0.844. The lowest BCUT2D eigenvalue weighted by Crippen LogP contribution is -2.29. The predicted molar refractivity (Wildman–Crippen MR) is 68.7 cm³/mol. The first-order chi connectivity index (χ1) is 8.31. The van der Waals surface area contributed by atoms with Crippen LogP contribution in [-0.2, 0) is 21.4 Å². The Morgan fingerprint density at radius 3 is 2.61 bits per heavy atom. The number of sulfonamides is 1. The SMILES string of the molecule is Cc1cccc(CN(C)S(=O)(=O)CCC(=O)O)c1. The van der Waals surface area contributed by atoms with Gasteiger partial charge in [-0.25, -0.2) is 12.7 Å². The highest BCUT2D eigenvalue weighted by Crippen LogP contribution is 2.10. The third-order valence-electron chi connectivity index (χ3n) is 2.54. The van der Waals surface area contributed by atoms with Crippen molar-refractivity contribution in [2.75, 3.05) is 12.8 Å². The molecule has 0 spiro atoms. The average molecular weight is 271 g/mol. The number of aryl methyl sites for hydroxylation is 1. The van der Waals surface area contributed by atoms with Gasteiger partial charge in [-0.1, -0.05) is 29.8 Å². The van der Waals surface area contributed by atoms with Crippen LogP contribution >= 0.6 is 0 Å². The molecule has 0 heterocycles. The maximum absolute atomic E-state index is 11.8. The molecule has 100 valence electrons. The monoisotopic (exact) mass is 271 g/mol. The molecule has 0 aliphatic rings. The summed E-state index contributed by atoms with van der Waals surface area (Å²) in [5.74, 6) is -1.48. The maximum atomic E-state index is 11.8. The van der Waals surface area contributed by atoms with Crippen LogP contribution in [0.2, 0.25) is 0 Å². The molecule has 6 heteroatoms. The van der Waals surface area contributed by atoms with Crippen LogP contribution in [0.15, 0.2) is 24.3 Å². The minimum absolute atomic E-state index is 0.254. The number of aliphatic carboxylic acids is 1. The summed E-state index contributed by atoms with van der Waals surface area (Å²) < 4.78 is 24.8. The molecular weight excluding hydrogens is 254 g/mol. The van der Waals surface area contributed by atoms with E-state index in [1.807, 2.05) is 31.2 Å². The molecule has 0 fully saturated rings. The maximum Gasteiger partial charge on any atom is 0.304 e. The normalized spacial score (nSPS) is 11.7. The molecule has 0 saturated heterocycles. The van der Waals surface area contributed by atoms with Crippen molar-refractivity contribution < 1.29 is 18.3 Å². The predicted octanol–water partition coefficient (Wildman–Crippen LogP) is 1.23. The van der Waals surface area contributed by atoms with Gasteiger partial charge in [-0.05, 0) is 12.5 Å². The van der Waals surface area contributed by atoms with E-state index in [1.54, 1.807) is 0 Å². The minimum atomic E-state index is -3.51. The molecule has 0 atom stereocenters. The summed E-state index contributed by atoms with van der Waals surface area (Å²) in [7, 11) is -2.06. The highest BCUT2D eigenvalue weighted by Gasteiger charge is 2.19. The van der Waals surface area contributed by atoms with Gasteiger partial charge < -0.3 is 5.11 Å². The molecule has 0 bridgehead atoms. The first-order valence-electron chi connectivity index (χ1n) is 5.52. The number of rotatable bonds is 6. The number of carboxylic acids is 1. The Labute approximate surface area is 107 Å². The van der Waals surface area contributed by atoms with Gasteiger partial charge >= 0.3 is 5.97 Å². The number of carbonyl (C=O) groups is 1. The molecule has 0 amide bonds. The summed E-state index contributed by atoms with van der Waals surface area (Å²) in [6.45, 7) is 2.19. The van der Waals surface area contributed by atoms with E-state index in [2.05, 4.69) is 0 Å². The summed E-state index contributed by atoms with van der Waals surface area (Å²) in [6, 6.07) is 7.55. The third-order valence-corrected chi connectivity index (χ3v) is 4.34. The van der Waals surface area contributed by atoms with Gasteiger partial charge in [-0.2, -0.15) is 0 Å². The van der Waals surface area contributed by atoms with Gasteiger partial charge in [0.15, 0.2) is 0 Å². The first kappa shape index (κ1) is 14.7. The summed E-state index contributed by atoms with van der Waals surface area (Å²) >= 11 is 0. The van der Waals surface area contributed by atoms with Crippen LogP contribution < -0.4 is 0 Å². The molecule has 0 radical (unpaired) electrons. The van der Waals surface area contributed by atoms with E-state index in [-0.39, 0.29) is 18.7 Å².